The lowest BCUT2D eigenvalue weighted by Crippen LogP contribution is -2.65. The van der Waals surface area contributed by atoms with Gasteiger partial charge in [-0.1, -0.05) is 18.2 Å². The smallest absolute Gasteiger partial charge is 0.108 e. The summed E-state index contributed by atoms with van der Waals surface area (Å²) in [6.45, 7) is 5.42. The van der Waals surface area contributed by atoms with E-state index in [2.05, 4.69) is 54.4 Å². The van der Waals surface area contributed by atoms with Gasteiger partial charge in [-0.25, -0.2) is 0 Å². The van der Waals surface area contributed by atoms with Crippen LogP contribution in [0.15, 0.2) is 24.3 Å². The van der Waals surface area contributed by atoms with Crippen LogP contribution < -0.4 is 10.2 Å². The fourth-order valence-corrected chi connectivity index (χ4v) is 5.50. The van der Waals surface area contributed by atoms with Crippen LogP contribution in [-0.2, 0) is 4.75 Å². The maximum Gasteiger partial charge on any atom is 0.108 e. The largest absolute Gasteiger partial charge is 0.350 e. The summed E-state index contributed by atoms with van der Waals surface area (Å²) >= 11 is 1.92. The lowest BCUT2D eigenvalue weighted by Gasteiger charge is -2.44. The molecule has 3 aliphatic rings. The molecule has 3 nitrogen and oxygen atoms in total. The first kappa shape index (κ1) is 10.7. The third kappa shape index (κ3) is 0.942. The maximum atomic E-state index is 9.33. The second-order valence-corrected chi connectivity index (χ2v) is 7.21. The Kier molecular flexibility index (Phi) is 1.81. The van der Waals surface area contributed by atoms with Gasteiger partial charge >= 0.3 is 0 Å². The van der Waals surface area contributed by atoms with E-state index in [1.165, 1.54) is 11.3 Å². The van der Waals surface area contributed by atoms with Crippen molar-refractivity contribution in [2.75, 3.05) is 11.4 Å². The van der Waals surface area contributed by atoms with Gasteiger partial charge in [-0.05, 0) is 25.5 Å². The quantitative estimate of drug-likeness (QED) is 0.774. The van der Waals surface area contributed by atoms with E-state index in [1.54, 1.807) is 0 Å². The Balaban J connectivity index is 1.98. The van der Waals surface area contributed by atoms with E-state index in [0.717, 1.165) is 6.54 Å². The molecule has 0 amide bonds. The number of rotatable bonds is 0. The molecule has 0 spiro atoms. The van der Waals surface area contributed by atoms with Gasteiger partial charge in [0, 0.05) is 12.2 Å². The molecular weight excluding hydrogens is 242 g/mol. The Bertz CT molecular complexity index is 581. The number of nitriles is 1. The van der Waals surface area contributed by atoms with Gasteiger partial charge in [0.2, 0.25) is 0 Å². The van der Waals surface area contributed by atoms with Gasteiger partial charge in [-0.15, -0.1) is 11.8 Å². The zero-order chi connectivity index (χ0) is 12.5. The second kappa shape index (κ2) is 3.04. The first-order chi connectivity index (χ1) is 8.60. The molecule has 3 heterocycles. The van der Waals surface area contributed by atoms with E-state index >= 15 is 0 Å². The molecule has 4 rings (SSSR count). The lowest BCUT2D eigenvalue weighted by atomic mass is 9.89. The molecule has 1 aromatic carbocycles. The molecule has 3 aliphatic heterocycles. The average molecular weight is 257 g/mol. The van der Waals surface area contributed by atoms with Crippen molar-refractivity contribution in [1.82, 2.24) is 5.32 Å². The number of benzene rings is 1. The molecule has 0 aliphatic carbocycles. The van der Waals surface area contributed by atoms with Gasteiger partial charge in [0.05, 0.1) is 22.1 Å². The number of anilines is 1. The predicted octanol–water partition coefficient (Wildman–Crippen LogP) is 2.25. The predicted molar refractivity (Wildman–Crippen MR) is 73.2 cm³/mol. The van der Waals surface area contributed by atoms with Crippen LogP contribution in [0.25, 0.3) is 0 Å². The molecule has 0 radical (unpaired) electrons. The Morgan fingerprint density at radius 2 is 2.22 bits per heavy atom. The fraction of sp³-hybridized carbons (Fsp3) is 0.500. The lowest BCUT2D eigenvalue weighted by molar-refractivity contribution is 0.251. The highest BCUT2D eigenvalue weighted by Gasteiger charge is 2.66. The van der Waals surface area contributed by atoms with Crippen LogP contribution >= 0.6 is 11.8 Å². The molecule has 2 fully saturated rings. The van der Waals surface area contributed by atoms with Crippen LogP contribution in [0.5, 0.6) is 0 Å². The summed E-state index contributed by atoms with van der Waals surface area (Å²) in [6, 6.07) is 11.1. The number of fused-ring (bicyclic) bond motifs is 4. The van der Waals surface area contributed by atoms with Crippen LogP contribution in [0.4, 0.5) is 5.69 Å². The minimum absolute atomic E-state index is 0.0415. The summed E-state index contributed by atoms with van der Waals surface area (Å²) in [5.41, 5.74) is 2.64. The molecule has 4 unspecified atom stereocenters. The van der Waals surface area contributed by atoms with Crippen LogP contribution in [-0.4, -0.2) is 17.6 Å². The van der Waals surface area contributed by atoms with Crippen LogP contribution in [0, 0.1) is 17.2 Å². The van der Waals surface area contributed by atoms with Crippen molar-refractivity contribution in [3.63, 3.8) is 0 Å². The third-order valence-corrected chi connectivity index (χ3v) is 6.66. The molecule has 0 aromatic heterocycles. The number of hydrogen-bond donors (Lipinski definition) is 1. The molecule has 2 bridgehead atoms. The zero-order valence-corrected chi connectivity index (χ0v) is 11.3. The van der Waals surface area contributed by atoms with Crippen molar-refractivity contribution in [2.45, 2.75) is 29.6 Å². The Labute approximate surface area is 111 Å². The Morgan fingerprint density at radius 3 is 3.00 bits per heavy atom. The second-order valence-electron chi connectivity index (χ2n) is 5.65. The normalized spacial score (nSPS) is 43.7. The van der Waals surface area contributed by atoms with Crippen molar-refractivity contribution in [3.8, 4) is 6.07 Å². The first-order valence-electron chi connectivity index (χ1n) is 6.32. The van der Waals surface area contributed by atoms with E-state index in [-0.39, 0.29) is 21.7 Å². The number of nitrogens with zero attached hydrogens (tertiary/aromatic N) is 2. The van der Waals surface area contributed by atoms with E-state index < -0.39 is 0 Å². The van der Waals surface area contributed by atoms with Crippen LogP contribution in [0.3, 0.4) is 0 Å². The molecule has 4 atom stereocenters. The highest BCUT2D eigenvalue weighted by Crippen LogP contribution is 2.64. The average Bonchev–Trinajstić information content (AvgIpc) is 2.69. The van der Waals surface area contributed by atoms with Gasteiger partial charge < -0.3 is 4.90 Å². The number of thioether (sulfide) groups is 1. The van der Waals surface area contributed by atoms with Gasteiger partial charge in [-0.3, -0.25) is 5.32 Å². The zero-order valence-electron chi connectivity index (χ0n) is 10.5. The van der Waals surface area contributed by atoms with Crippen molar-refractivity contribution >= 4 is 17.4 Å². The van der Waals surface area contributed by atoms with Gasteiger partial charge in [-0.2, -0.15) is 5.26 Å². The maximum absolute atomic E-state index is 9.33. The summed E-state index contributed by atoms with van der Waals surface area (Å²) in [5, 5.41) is 13.3. The summed E-state index contributed by atoms with van der Waals surface area (Å²) in [4.78, 5) is 2.40. The highest BCUT2D eigenvalue weighted by atomic mass is 32.2. The Morgan fingerprint density at radius 1 is 1.44 bits per heavy atom. The molecule has 1 N–H and O–H groups in total. The molecule has 4 heteroatoms. The highest BCUT2D eigenvalue weighted by molar-refractivity contribution is 8.01. The summed E-state index contributed by atoms with van der Waals surface area (Å²) in [7, 11) is 0. The van der Waals surface area contributed by atoms with Crippen molar-refractivity contribution in [2.24, 2.45) is 5.92 Å². The summed E-state index contributed by atoms with van der Waals surface area (Å²) < 4.78 is 0.0415. The number of hydrogen-bond acceptors (Lipinski definition) is 4. The fourth-order valence-electron chi connectivity index (χ4n) is 3.69. The van der Waals surface area contributed by atoms with Crippen molar-refractivity contribution in [3.05, 3.63) is 29.8 Å². The number of para-hydroxylation sites is 1. The summed E-state index contributed by atoms with van der Waals surface area (Å²) in [6.07, 6.45) is 0. The SMILES string of the molecule is CC12SC3NC1(C)N(CC3C#N)c1ccccc12. The minimum atomic E-state index is -0.0562. The Hall–Kier alpha value is -1.18. The standard InChI is InChI=1S/C14H15N3S/c1-13-10-5-3-4-6-11(10)17-8-9(7-15)12(18-13)16-14(13,17)2/h3-6,9,12,16H,8H2,1-2H3. The molecule has 92 valence electrons. The van der Waals surface area contributed by atoms with Crippen molar-refractivity contribution in [1.29, 1.82) is 5.26 Å². The summed E-state index contributed by atoms with van der Waals surface area (Å²) in [5.74, 6) is 0.0678. The first-order valence-corrected chi connectivity index (χ1v) is 7.20. The third-order valence-electron chi connectivity index (χ3n) is 4.87. The van der Waals surface area contributed by atoms with Gasteiger partial charge in [0.25, 0.3) is 0 Å². The van der Waals surface area contributed by atoms with E-state index in [9.17, 15) is 5.26 Å². The molecule has 18 heavy (non-hydrogen) atoms. The molecular formula is C14H15N3S. The van der Waals surface area contributed by atoms with Gasteiger partial charge in [0.1, 0.15) is 5.66 Å². The van der Waals surface area contributed by atoms with E-state index in [0.29, 0.717) is 0 Å². The van der Waals surface area contributed by atoms with Crippen LogP contribution in [0.2, 0.25) is 0 Å². The molecule has 1 aromatic rings. The van der Waals surface area contributed by atoms with Crippen LogP contribution in [0.1, 0.15) is 19.4 Å². The minimum Gasteiger partial charge on any atom is -0.350 e. The number of nitrogens with one attached hydrogen (secondary N) is 1. The topological polar surface area (TPSA) is 39.1 Å². The molecule has 0 saturated carbocycles. The monoisotopic (exact) mass is 257 g/mol. The van der Waals surface area contributed by atoms with E-state index in [1.807, 2.05) is 11.8 Å². The molecule has 2 saturated heterocycles. The van der Waals surface area contributed by atoms with Crippen molar-refractivity contribution < 1.29 is 0 Å². The van der Waals surface area contributed by atoms with E-state index in [4.69, 9.17) is 0 Å². The van der Waals surface area contributed by atoms with Gasteiger partial charge in [0.15, 0.2) is 0 Å².